The van der Waals surface area contributed by atoms with Crippen LogP contribution in [-0.4, -0.2) is 58.3 Å². The molecule has 0 aromatic heterocycles. The van der Waals surface area contributed by atoms with Gasteiger partial charge in [0.15, 0.2) is 6.29 Å². The smallest absolute Gasteiger partial charge is 0.163 e. The Balaban J connectivity index is 2.66. The van der Waals surface area contributed by atoms with Crippen LogP contribution in [0.5, 0.6) is 0 Å². The Morgan fingerprint density at radius 3 is 2.23 bits per heavy atom. The number of halogens is 1. The monoisotopic (exact) mass is 196 g/mol. The maximum absolute atomic E-state index is 12.2. The van der Waals surface area contributed by atoms with Crippen molar-refractivity contribution in [2.24, 2.45) is 5.92 Å². The molecule has 0 saturated carbocycles. The Morgan fingerprint density at radius 1 is 1.15 bits per heavy atom. The molecule has 1 aliphatic heterocycles. The average molecular weight is 196 g/mol. The molecule has 0 aromatic carbocycles. The molecule has 0 spiro atoms. The van der Waals surface area contributed by atoms with Gasteiger partial charge in [-0.05, 0) is 0 Å². The van der Waals surface area contributed by atoms with Crippen LogP contribution in [0.3, 0.4) is 0 Å². The summed E-state index contributed by atoms with van der Waals surface area (Å²) in [6, 6.07) is 0. The second kappa shape index (κ2) is 4.30. The topological polar surface area (TPSA) is 90.2 Å². The van der Waals surface area contributed by atoms with Crippen molar-refractivity contribution < 1.29 is 29.6 Å². The minimum atomic E-state index is -1.49. The molecule has 0 aromatic rings. The predicted octanol–water partition coefficient (Wildman–Crippen LogP) is -2.00. The molecule has 1 fully saturated rings. The van der Waals surface area contributed by atoms with Crippen LogP contribution in [0.2, 0.25) is 0 Å². The molecule has 0 amide bonds. The summed E-state index contributed by atoms with van der Waals surface area (Å²) in [5.74, 6) is -1.15. The van der Waals surface area contributed by atoms with Crippen LogP contribution < -0.4 is 0 Å². The molecule has 1 unspecified atom stereocenters. The summed E-state index contributed by atoms with van der Waals surface area (Å²) in [6.07, 6.45) is -5.33. The highest BCUT2D eigenvalue weighted by atomic mass is 19.1. The first-order valence-electron chi connectivity index (χ1n) is 3.98. The van der Waals surface area contributed by atoms with Gasteiger partial charge in [-0.3, -0.25) is 4.39 Å². The first-order chi connectivity index (χ1) is 6.11. The Bertz CT molecular complexity index is 167. The van der Waals surface area contributed by atoms with Gasteiger partial charge in [0.05, 0.1) is 25.3 Å². The van der Waals surface area contributed by atoms with Crippen molar-refractivity contribution in [1.82, 2.24) is 0 Å². The molecule has 0 aliphatic carbocycles. The standard InChI is InChI=1S/C7H13FO5/c8-1-3-5(10)6(11)4(2-9)13-7(3)12/h3-7,9-12H,1-2H2/t3-,4+,5+,6+,7?/m0/s1. The summed E-state index contributed by atoms with van der Waals surface area (Å²) in [7, 11) is 0. The minimum Gasteiger partial charge on any atom is -0.394 e. The van der Waals surface area contributed by atoms with Crippen molar-refractivity contribution in [3.63, 3.8) is 0 Å². The zero-order chi connectivity index (χ0) is 10.0. The normalized spacial score (nSPS) is 46.4. The molecule has 0 bridgehead atoms. The predicted molar refractivity (Wildman–Crippen MR) is 39.4 cm³/mol. The van der Waals surface area contributed by atoms with E-state index in [1.165, 1.54) is 0 Å². The molecule has 1 rings (SSSR count). The van der Waals surface area contributed by atoms with E-state index in [0.29, 0.717) is 0 Å². The lowest BCUT2D eigenvalue weighted by atomic mass is 9.92. The van der Waals surface area contributed by atoms with E-state index in [-0.39, 0.29) is 0 Å². The Labute approximate surface area is 74.4 Å². The molecule has 1 heterocycles. The van der Waals surface area contributed by atoms with E-state index in [2.05, 4.69) is 4.74 Å². The van der Waals surface area contributed by atoms with E-state index in [4.69, 9.17) is 10.2 Å². The number of hydrogen-bond acceptors (Lipinski definition) is 5. The molecule has 4 N–H and O–H groups in total. The number of aliphatic hydroxyl groups is 4. The van der Waals surface area contributed by atoms with Gasteiger partial charge in [-0.1, -0.05) is 0 Å². The summed E-state index contributed by atoms with van der Waals surface area (Å²) >= 11 is 0. The fourth-order valence-corrected chi connectivity index (χ4v) is 1.32. The van der Waals surface area contributed by atoms with Crippen LogP contribution in [0.1, 0.15) is 0 Å². The van der Waals surface area contributed by atoms with E-state index in [0.717, 1.165) is 0 Å². The Morgan fingerprint density at radius 2 is 1.77 bits per heavy atom. The van der Waals surface area contributed by atoms with Crippen molar-refractivity contribution in [3.05, 3.63) is 0 Å². The molecule has 6 heteroatoms. The van der Waals surface area contributed by atoms with Gasteiger partial charge in [0.1, 0.15) is 12.2 Å². The first kappa shape index (κ1) is 10.8. The van der Waals surface area contributed by atoms with Crippen LogP contribution in [0.4, 0.5) is 4.39 Å². The number of alkyl halides is 1. The van der Waals surface area contributed by atoms with Crippen molar-refractivity contribution >= 4 is 0 Å². The van der Waals surface area contributed by atoms with Gasteiger partial charge in [0.25, 0.3) is 0 Å². The van der Waals surface area contributed by atoms with Crippen LogP contribution in [-0.2, 0) is 4.74 Å². The Hall–Kier alpha value is -0.270. The number of aliphatic hydroxyl groups excluding tert-OH is 4. The highest BCUT2D eigenvalue weighted by molar-refractivity contribution is 4.87. The zero-order valence-electron chi connectivity index (χ0n) is 6.88. The van der Waals surface area contributed by atoms with E-state index < -0.39 is 43.8 Å². The summed E-state index contributed by atoms with van der Waals surface area (Å²) in [5, 5.41) is 36.3. The third kappa shape index (κ3) is 1.97. The average Bonchev–Trinajstić information content (AvgIpc) is 2.12. The number of hydrogen-bond donors (Lipinski definition) is 4. The van der Waals surface area contributed by atoms with Gasteiger partial charge < -0.3 is 25.2 Å². The van der Waals surface area contributed by atoms with Crippen molar-refractivity contribution in [2.75, 3.05) is 13.3 Å². The number of rotatable bonds is 2. The van der Waals surface area contributed by atoms with Crippen molar-refractivity contribution in [3.8, 4) is 0 Å². The first-order valence-corrected chi connectivity index (χ1v) is 3.98. The molecule has 5 nitrogen and oxygen atoms in total. The summed E-state index contributed by atoms with van der Waals surface area (Å²) in [4.78, 5) is 0. The summed E-state index contributed by atoms with van der Waals surface area (Å²) < 4.78 is 16.9. The molecular weight excluding hydrogens is 183 g/mol. The highest BCUT2D eigenvalue weighted by Gasteiger charge is 2.43. The lowest BCUT2D eigenvalue weighted by molar-refractivity contribution is -0.271. The van der Waals surface area contributed by atoms with E-state index in [1.807, 2.05) is 0 Å². The van der Waals surface area contributed by atoms with Crippen LogP contribution in [0.25, 0.3) is 0 Å². The van der Waals surface area contributed by atoms with Crippen molar-refractivity contribution in [2.45, 2.75) is 24.6 Å². The van der Waals surface area contributed by atoms with Crippen LogP contribution >= 0.6 is 0 Å². The molecule has 1 aliphatic rings. The summed E-state index contributed by atoms with van der Waals surface area (Å²) in [5.41, 5.74) is 0. The van der Waals surface area contributed by atoms with Crippen LogP contribution in [0, 0.1) is 5.92 Å². The van der Waals surface area contributed by atoms with Gasteiger partial charge >= 0.3 is 0 Å². The molecule has 5 atom stereocenters. The quantitative estimate of drug-likeness (QED) is 0.410. The van der Waals surface area contributed by atoms with Gasteiger partial charge in [-0.25, -0.2) is 0 Å². The zero-order valence-corrected chi connectivity index (χ0v) is 6.88. The van der Waals surface area contributed by atoms with Gasteiger partial charge in [-0.15, -0.1) is 0 Å². The Kier molecular flexibility index (Phi) is 3.57. The second-order valence-corrected chi connectivity index (χ2v) is 3.05. The lowest BCUT2D eigenvalue weighted by Crippen LogP contribution is -2.56. The minimum absolute atomic E-state index is 0.533. The van der Waals surface area contributed by atoms with E-state index >= 15 is 0 Å². The fourth-order valence-electron chi connectivity index (χ4n) is 1.32. The van der Waals surface area contributed by atoms with Gasteiger partial charge in [0.2, 0.25) is 0 Å². The maximum Gasteiger partial charge on any atom is 0.163 e. The van der Waals surface area contributed by atoms with Gasteiger partial charge in [0, 0.05) is 0 Å². The van der Waals surface area contributed by atoms with E-state index in [1.54, 1.807) is 0 Å². The van der Waals surface area contributed by atoms with Crippen LogP contribution in [0.15, 0.2) is 0 Å². The molecule has 78 valence electrons. The second-order valence-electron chi connectivity index (χ2n) is 3.05. The lowest BCUT2D eigenvalue weighted by Gasteiger charge is -2.38. The van der Waals surface area contributed by atoms with Gasteiger partial charge in [-0.2, -0.15) is 0 Å². The third-order valence-corrected chi connectivity index (χ3v) is 2.21. The highest BCUT2D eigenvalue weighted by Crippen LogP contribution is 2.24. The molecular formula is C7H13FO5. The largest absolute Gasteiger partial charge is 0.394 e. The van der Waals surface area contributed by atoms with E-state index in [9.17, 15) is 14.6 Å². The molecule has 0 radical (unpaired) electrons. The number of ether oxygens (including phenoxy) is 1. The maximum atomic E-state index is 12.2. The molecule has 13 heavy (non-hydrogen) atoms. The SMILES string of the molecule is OC[C@H]1OC(O)[C@@H](CF)[C@@H](O)[C@@H]1O. The molecule has 1 saturated heterocycles. The fraction of sp³-hybridized carbons (Fsp3) is 1.00. The summed E-state index contributed by atoms with van der Waals surface area (Å²) in [6.45, 7) is -1.52. The third-order valence-electron chi connectivity index (χ3n) is 2.21. The van der Waals surface area contributed by atoms with Crippen molar-refractivity contribution in [1.29, 1.82) is 0 Å².